The molecule has 1 aliphatic carbocycles. The Hall–Kier alpha value is -4.68. The lowest BCUT2D eigenvalue weighted by Gasteiger charge is -1.77. The molecule has 0 aromatic carbocycles. The maximum atomic E-state index is 2.00. The molecule has 0 saturated carbocycles. The van der Waals surface area contributed by atoms with Crippen molar-refractivity contribution in [1.29, 1.82) is 0 Å². The molecule has 36 heavy (non-hydrogen) atoms. The summed E-state index contributed by atoms with van der Waals surface area (Å²) < 4.78 is 0. The third kappa shape index (κ3) is 24.0. The van der Waals surface area contributed by atoms with Gasteiger partial charge in [0.1, 0.15) is 0 Å². The summed E-state index contributed by atoms with van der Waals surface area (Å²) >= 11 is 0. The van der Waals surface area contributed by atoms with E-state index in [1.165, 1.54) is 0 Å². The first-order valence-corrected chi connectivity index (χ1v) is 12.0. The van der Waals surface area contributed by atoms with Crippen molar-refractivity contribution in [3.05, 3.63) is 219 Å². The number of rotatable bonds is 0. The van der Waals surface area contributed by atoms with Crippen LogP contribution in [0.1, 0.15) is 0 Å². The third-order valence-electron chi connectivity index (χ3n) is 4.00. The van der Waals surface area contributed by atoms with Gasteiger partial charge in [-0.05, 0) is 0 Å². The van der Waals surface area contributed by atoms with Crippen LogP contribution in [0.25, 0.3) is 0 Å². The summed E-state index contributed by atoms with van der Waals surface area (Å²) in [4.78, 5) is 0. The van der Waals surface area contributed by atoms with Gasteiger partial charge in [-0.15, -0.1) is 0 Å². The minimum absolute atomic E-state index is 2.00. The minimum Gasteiger partial charge on any atom is -0.0623 e. The van der Waals surface area contributed by atoms with Gasteiger partial charge in [-0.3, -0.25) is 0 Å². The molecule has 0 nitrogen and oxygen atoms in total. The number of hydrogen-bond acceptors (Lipinski definition) is 0. The Morgan fingerprint density at radius 2 is 0.0833 bits per heavy atom. The van der Waals surface area contributed by atoms with Crippen molar-refractivity contribution in [2.45, 2.75) is 0 Å². The van der Waals surface area contributed by atoms with Crippen LogP contribution in [0.2, 0.25) is 0 Å². The summed E-state index contributed by atoms with van der Waals surface area (Å²) in [5.74, 6) is 0. The standard InChI is InChI=1S/C36H36/c1-2-4-6-8-10-12-14-16-18-20-22-24-26-28-30-32-34-36-35-33-31-29-27-25-23-21-19-17-15-13-11-9-7-5-3-1/h1-36H. The fourth-order valence-corrected chi connectivity index (χ4v) is 2.31. The largest absolute Gasteiger partial charge is 0.0623 e. The second kappa shape index (κ2) is 26.6. The normalized spacial score (nSPS) is 16.0. The Labute approximate surface area is 218 Å². The van der Waals surface area contributed by atoms with Gasteiger partial charge in [-0.2, -0.15) is 0 Å². The Bertz CT molecular complexity index is 649. The van der Waals surface area contributed by atoms with E-state index in [4.69, 9.17) is 0 Å². The van der Waals surface area contributed by atoms with Crippen LogP contribution < -0.4 is 0 Å². The summed E-state index contributed by atoms with van der Waals surface area (Å²) in [5, 5.41) is 0. The molecule has 0 bridgehead atoms. The molecular formula is C36H36. The number of allylic oxidation sites excluding steroid dienone is 36. The van der Waals surface area contributed by atoms with E-state index in [1.807, 2.05) is 219 Å². The van der Waals surface area contributed by atoms with E-state index in [2.05, 4.69) is 0 Å². The van der Waals surface area contributed by atoms with Crippen LogP contribution in [0.5, 0.6) is 0 Å². The van der Waals surface area contributed by atoms with Crippen molar-refractivity contribution in [3.63, 3.8) is 0 Å². The molecule has 0 heterocycles. The van der Waals surface area contributed by atoms with Crippen molar-refractivity contribution in [1.82, 2.24) is 0 Å². The second-order valence-corrected chi connectivity index (χ2v) is 6.93. The van der Waals surface area contributed by atoms with Gasteiger partial charge in [0.2, 0.25) is 0 Å². The molecule has 0 atom stereocenters. The predicted octanol–water partition coefficient (Wildman–Crippen LogP) is 10.0. The smallest absolute Gasteiger partial charge is 0.0623 e. The summed E-state index contributed by atoms with van der Waals surface area (Å²) in [6.07, 6.45) is 72.0. The average Bonchev–Trinajstić information content (AvgIpc) is 2.89. The molecule has 180 valence electrons. The zero-order valence-electron chi connectivity index (χ0n) is 20.8. The molecule has 0 N–H and O–H groups in total. The molecule has 0 heteroatoms. The van der Waals surface area contributed by atoms with E-state index in [0.717, 1.165) is 0 Å². The maximum Gasteiger partial charge on any atom is -0.0623 e. The quantitative estimate of drug-likeness (QED) is 0.332. The summed E-state index contributed by atoms with van der Waals surface area (Å²) in [6, 6.07) is 0. The average molecular weight is 469 g/mol. The Balaban J connectivity index is 2.67. The summed E-state index contributed by atoms with van der Waals surface area (Å²) in [6.45, 7) is 0. The highest BCUT2D eigenvalue weighted by molar-refractivity contribution is 5.25. The molecule has 0 saturated heterocycles. The monoisotopic (exact) mass is 468 g/mol. The first-order chi connectivity index (χ1) is 18.0. The zero-order chi connectivity index (χ0) is 25.5. The maximum absolute atomic E-state index is 2.00. The third-order valence-corrected chi connectivity index (χ3v) is 4.00. The lowest BCUT2D eigenvalue weighted by atomic mass is 10.3. The zero-order valence-corrected chi connectivity index (χ0v) is 20.8. The first kappa shape index (κ1) is 29.4. The first-order valence-electron chi connectivity index (χ1n) is 12.0. The van der Waals surface area contributed by atoms with Gasteiger partial charge < -0.3 is 0 Å². The van der Waals surface area contributed by atoms with Gasteiger partial charge in [0.25, 0.3) is 0 Å². The van der Waals surface area contributed by atoms with E-state index < -0.39 is 0 Å². The SMILES string of the molecule is C1=CC=CC=CC=CC=CC=CC=CC=CC=CC=CC=CC=CC=CC=CC=CC=CC=CC=C1. The molecule has 0 aliphatic heterocycles. The lowest BCUT2D eigenvalue weighted by Crippen LogP contribution is -1.55. The summed E-state index contributed by atoms with van der Waals surface area (Å²) in [7, 11) is 0. The van der Waals surface area contributed by atoms with E-state index in [9.17, 15) is 0 Å². The van der Waals surface area contributed by atoms with E-state index >= 15 is 0 Å². The van der Waals surface area contributed by atoms with Gasteiger partial charge in [-0.25, -0.2) is 0 Å². The second-order valence-electron chi connectivity index (χ2n) is 6.93. The van der Waals surface area contributed by atoms with E-state index in [-0.39, 0.29) is 0 Å². The summed E-state index contributed by atoms with van der Waals surface area (Å²) in [5.41, 5.74) is 0. The fourth-order valence-electron chi connectivity index (χ4n) is 2.31. The fraction of sp³-hybridized carbons (Fsp3) is 0. The van der Waals surface area contributed by atoms with Crippen LogP contribution in [-0.2, 0) is 0 Å². The predicted molar refractivity (Wildman–Crippen MR) is 165 cm³/mol. The Morgan fingerprint density at radius 1 is 0.0556 bits per heavy atom. The van der Waals surface area contributed by atoms with Crippen LogP contribution in [0.3, 0.4) is 0 Å². The molecule has 0 fully saturated rings. The minimum atomic E-state index is 2.00. The van der Waals surface area contributed by atoms with Gasteiger partial charge in [0.05, 0.1) is 0 Å². The molecule has 0 unspecified atom stereocenters. The Kier molecular flexibility index (Phi) is 21.7. The van der Waals surface area contributed by atoms with Crippen LogP contribution in [0.15, 0.2) is 219 Å². The Morgan fingerprint density at radius 3 is 0.111 bits per heavy atom. The van der Waals surface area contributed by atoms with Crippen molar-refractivity contribution in [2.24, 2.45) is 0 Å². The molecule has 1 rings (SSSR count). The van der Waals surface area contributed by atoms with Gasteiger partial charge >= 0.3 is 0 Å². The van der Waals surface area contributed by atoms with E-state index in [0.29, 0.717) is 0 Å². The highest BCUT2D eigenvalue weighted by Crippen LogP contribution is 1.90. The van der Waals surface area contributed by atoms with Crippen LogP contribution >= 0.6 is 0 Å². The van der Waals surface area contributed by atoms with Crippen LogP contribution in [0.4, 0.5) is 0 Å². The highest BCUT2D eigenvalue weighted by Gasteiger charge is 1.68. The molecule has 0 spiro atoms. The van der Waals surface area contributed by atoms with Crippen molar-refractivity contribution in [3.8, 4) is 0 Å². The molecular weight excluding hydrogens is 432 g/mol. The van der Waals surface area contributed by atoms with Crippen molar-refractivity contribution < 1.29 is 0 Å². The molecule has 0 radical (unpaired) electrons. The van der Waals surface area contributed by atoms with Crippen molar-refractivity contribution in [2.75, 3.05) is 0 Å². The highest BCUT2D eigenvalue weighted by atomic mass is 13.8. The van der Waals surface area contributed by atoms with Crippen molar-refractivity contribution >= 4 is 0 Å². The molecule has 1 aliphatic rings. The van der Waals surface area contributed by atoms with Crippen LogP contribution in [0, 0.1) is 0 Å². The molecule has 0 aromatic rings. The van der Waals surface area contributed by atoms with E-state index in [1.54, 1.807) is 0 Å². The number of hydrogen-bond donors (Lipinski definition) is 0. The van der Waals surface area contributed by atoms with Gasteiger partial charge in [-0.1, -0.05) is 219 Å². The van der Waals surface area contributed by atoms with Gasteiger partial charge in [0.15, 0.2) is 0 Å². The topological polar surface area (TPSA) is 0 Å². The van der Waals surface area contributed by atoms with Crippen LogP contribution in [-0.4, -0.2) is 0 Å². The molecule has 0 aromatic heterocycles. The molecule has 0 amide bonds. The van der Waals surface area contributed by atoms with Gasteiger partial charge in [0, 0.05) is 0 Å². The lowest BCUT2D eigenvalue weighted by molar-refractivity contribution is 1.81.